The van der Waals surface area contributed by atoms with Crippen LogP contribution in [-0.4, -0.2) is 23.8 Å². The number of rotatable bonds is 7. The number of halogens is 2. The number of Topliss-reactive ketones (excluding diaryl/α,β-unsaturated/α-hetero) is 1. The first-order valence-corrected chi connectivity index (χ1v) is 8.66. The molecule has 2 aromatic carbocycles. The first kappa shape index (κ1) is 19.9. The molecule has 7 heteroatoms. The fourth-order valence-electron chi connectivity index (χ4n) is 2.14. The van der Waals surface area contributed by atoms with Crippen LogP contribution in [0, 0.1) is 0 Å². The van der Waals surface area contributed by atoms with E-state index in [1.807, 2.05) is 0 Å². The molecule has 0 aromatic heterocycles. The number of carbonyl (C=O) groups excluding carboxylic acids is 3. The molecule has 0 spiro atoms. The van der Waals surface area contributed by atoms with Gasteiger partial charge < -0.3 is 10.1 Å². The summed E-state index contributed by atoms with van der Waals surface area (Å²) in [6.07, 6.45) is -1.16. The third kappa shape index (κ3) is 5.58. The Morgan fingerprint density at radius 3 is 2.19 bits per heavy atom. The highest BCUT2D eigenvalue weighted by molar-refractivity contribution is 6.39. The molecule has 5 nitrogen and oxygen atoms in total. The molecule has 136 valence electrons. The minimum Gasteiger partial charge on any atom is -0.453 e. The van der Waals surface area contributed by atoms with Gasteiger partial charge in [0.25, 0.3) is 5.91 Å². The van der Waals surface area contributed by atoms with Crippen LogP contribution in [0.2, 0.25) is 10.0 Å². The molecule has 0 bridgehead atoms. The van der Waals surface area contributed by atoms with E-state index in [4.69, 9.17) is 27.9 Å². The number of carbonyl (C=O) groups is 3. The van der Waals surface area contributed by atoms with Crippen molar-refractivity contribution in [1.82, 2.24) is 0 Å². The zero-order valence-corrected chi connectivity index (χ0v) is 15.5. The zero-order valence-electron chi connectivity index (χ0n) is 14.0. The predicted octanol–water partition coefficient (Wildman–Crippen LogP) is 4.53. The Labute approximate surface area is 161 Å². The van der Waals surface area contributed by atoms with Gasteiger partial charge in [-0.15, -0.1) is 0 Å². The highest BCUT2D eigenvalue weighted by Gasteiger charge is 2.20. The number of hydrogen-bond donors (Lipinski definition) is 1. The molecule has 0 unspecified atom stereocenters. The molecule has 0 radical (unpaired) electrons. The molecular formula is C19H17Cl2NO4. The molecule has 2 rings (SSSR count). The van der Waals surface area contributed by atoms with Gasteiger partial charge in [-0.25, -0.2) is 0 Å². The summed E-state index contributed by atoms with van der Waals surface area (Å²) in [6.45, 7) is 1.43. The first-order chi connectivity index (χ1) is 12.4. The summed E-state index contributed by atoms with van der Waals surface area (Å²) < 4.78 is 5.06. The summed E-state index contributed by atoms with van der Waals surface area (Å²) in [4.78, 5) is 36.0. The number of benzene rings is 2. The van der Waals surface area contributed by atoms with Crippen LogP contribution >= 0.6 is 23.2 Å². The van der Waals surface area contributed by atoms with E-state index in [1.54, 1.807) is 48.5 Å². The largest absolute Gasteiger partial charge is 0.453 e. The van der Waals surface area contributed by atoms with Crippen molar-refractivity contribution in [2.45, 2.75) is 25.9 Å². The lowest BCUT2D eigenvalue weighted by atomic mass is 10.1. The monoisotopic (exact) mass is 393 g/mol. The summed E-state index contributed by atoms with van der Waals surface area (Å²) in [6, 6.07) is 13.5. The number of esters is 1. The van der Waals surface area contributed by atoms with Crippen LogP contribution in [0.1, 0.15) is 30.1 Å². The van der Waals surface area contributed by atoms with Crippen LogP contribution in [0.15, 0.2) is 48.5 Å². The van der Waals surface area contributed by atoms with Gasteiger partial charge in [0, 0.05) is 12.0 Å². The molecule has 0 aliphatic carbocycles. The standard InChI is InChI=1S/C19H17Cl2NO4/c1-12(19(25)22-18-14(20)8-5-9-15(18)21)26-17(24)11-10-16(23)13-6-3-2-4-7-13/h2-9,12H,10-11H2,1H3,(H,22,25)/t12-/m1/s1. The number of hydrogen-bond acceptors (Lipinski definition) is 4. The number of ether oxygens (including phenoxy) is 1. The Morgan fingerprint density at radius 2 is 1.58 bits per heavy atom. The molecule has 0 aliphatic rings. The second kappa shape index (κ2) is 9.36. The molecule has 0 saturated carbocycles. The molecule has 1 N–H and O–H groups in total. The van der Waals surface area contributed by atoms with E-state index in [2.05, 4.69) is 5.32 Å². The van der Waals surface area contributed by atoms with Crippen LogP contribution in [0.4, 0.5) is 5.69 Å². The lowest BCUT2D eigenvalue weighted by molar-refractivity contribution is -0.153. The molecule has 26 heavy (non-hydrogen) atoms. The van der Waals surface area contributed by atoms with E-state index >= 15 is 0 Å². The van der Waals surface area contributed by atoms with E-state index in [1.165, 1.54) is 6.92 Å². The topological polar surface area (TPSA) is 72.5 Å². The summed E-state index contributed by atoms with van der Waals surface area (Å²) in [5.74, 6) is -1.37. The average Bonchev–Trinajstić information content (AvgIpc) is 2.63. The van der Waals surface area contributed by atoms with Crippen LogP contribution < -0.4 is 5.32 Å². The summed E-state index contributed by atoms with van der Waals surface area (Å²) >= 11 is 12.0. The van der Waals surface area contributed by atoms with E-state index in [0.29, 0.717) is 5.56 Å². The first-order valence-electron chi connectivity index (χ1n) is 7.91. The highest BCUT2D eigenvalue weighted by Crippen LogP contribution is 2.29. The maximum atomic E-state index is 12.1. The quantitative estimate of drug-likeness (QED) is 0.553. The second-order valence-corrected chi connectivity index (χ2v) is 6.32. The van der Waals surface area contributed by atoms with Gasteiger partial charge in [-0.3, -0.25) is 14.4 Å². The van der Waals surface area contributed by atoms with Crippen molar-refractivity contribution in [2.75, 3.05) is 5.32 Å². The van der Waals surface area contributed by atoms with Crippen LogP contribution in [0.5, 0.6) is 0 Å². The molecule has 0 fully saturated rings. The average molecular weight is 394 g/mol. The van der Waals surface area contributed by atoms with Gasteiger partial charge in [0.2, 0.25) is 0 Å². The van der Waals surface area contributed by atoms with Gasteiger partial charge in [-0.1, -0.05) is 59.6 Å². The Hall–Kier alpha value is -2.37. The SMILES string of the molecule is C[C@@H](OC(=O)CCC(=O)c1ccccc1)C(=O)Nc1c(Cl)cccc1Cl. The maximum Gasteiger partial charge on any atom is 0.307 e. The third-order valence-corrected chi connectivity index (χ3v) is 4.17. The van der Waals surface area contributed by atoms with Crippen molar-refractivity contribution >= 4 is 46.5 Å². The molecule has 1 atom stereocenters. The third-order valence-electron chi connectivity index (χ3n) is 3.54. The Kier molecular flexibility index (Phi) is 7.18. The number of nitrogens with one attached hydrogen (secondary N) is 1. The molecule has 0 heterocycles. The summed E-state index contributed by atoms with van der Waals surface area (Å²) in [7, 11) is 0. The highest BCUT2D eigenvalue weighted by atomic mass is 35.5. The fourth-order valence-corrected chi connectivity index (χ4v) is 2.63. The van der Waals surface area contributed by atoms with Crippen LogP contribution in [0.25, 0.3) is 0 Å². The van der Waals surface area contributed by atoms with Crippen molar-refractivity contribution in [3.63, 3.8) is 0 Å². The smallest absolute Gasteiger partial charge is 0.307 e. The minimum atomic E-state index is -1.05. The van der Waals surface area contributed by atoms with E-state index in [0.717, 1.165) is 0 Å². The minimum absolute atomic E-state index is 0.00747. The number of anilines is 1. The van der Waals surface area contributed by atoms with Gasteiger partial charge in [0.1, 0.15) is 0 Å². The lowest BCUT2D eigenvalue weighted by Crippen LogP contribution is -2.30. The van der Waals surface area contributed by atoms with Gasteiger partial charge in [0.15, 0.2) is 11.9 Å². The molecule has 0 aliphatic heterocycles. The lowest BCUT2D eigenvalue weighted by Gasteiger charge is -2.15. The van der Waals surface area contributed by atoms with E-state index in [9.17, 15) is 14.4 Å². The Balaban J connectivity index is 1.84. The molecule has 2 aromatic rings. The summed E-state index contributed by atoms with van der Waals surface area (Å²) in [5, 5.41) is 3.08. The van der Waals surface area contributed by atoms with Crippen molar-refractivity contribution in [1.29, 1.82) is 0 Å². The van der Waals surface area contributed by atoms with Crippen LogP contribution in [0.3, 0.4) is 0 Å². The van der Waals surface area contributed by atoms with Crippen molar-refractivity contribution < 1.29 is 19.1 Å². The second-order valence-electron chi connectivity index (χ2n) is 5.51. The zero-order chi connectivity index (χ0) is 19.1. The Morgan fingerprint density at radius 1 is 0.962 bits per heavy atom. The van der Waals surface area contributed by atoms with E-state index in [-0.39, 0.29) is 34.4 Å². The van der Waals surface area contributed by atoms with Crippen molar-refractivity contribution in [3.8, 4) is 0 Å². The Bertz CT molecular complexity index is 788. The van der Waals surface area contributed by atoms with Gasteiger partial charge in [-0.05, 0) is 19.1 Å². The number of para-hydroxylation sites is 1. The predicted molar refractivity (Wildman–Crippen MR) is 101 cm³/mol. The van der Waals surface area contributed by atoms with Crippen molar-refractivity contribution in [3.05, 3.63) is 64.1 Å². The fraction of sp³-hybridized carbons (Fsp3) is 0.211. The number of amides is 1. The van der Waals surface area contributed by atoms with Gasteiger partial charge in [-0.2, -0.15) is 0 Å². The summed E-state index contributed by atoms with van der Waals surface area (Å²) in [5.41, 5.74) is 0.780. The molecular weight excluding hydrogens is 377 g/mol. The van der Waals surface area contributed by atoms with Crippen molar-refractivity contribution in [2.24, 2.45) is 0 Å². The molecule has 1 amide bonds. The number of ketones is 1. The molecule has 0 saturated heterocycles. The van der Waals surface area contributed by atoms with Gasteiger partial charge in [0.05, 0.1) is 22.2 Å². The maximum absolute atomic E-state index is 12.1. The van der Waals surface area contributed by atoms with Gasteiger partial charge >= 0.3 is 5.97 Å². The van der Waals surface area contributed by atoms with Crippen LogP contribution in [-0.2, 0) is 14.3 Å². The van der Waals surface area contributed by atoms with E-state index < -0.39 is 18.0 Å². The normalized spacial score (nSPS) is 11.5.